The van der Waals surface area contributed by atoms with Crippen LogP contribution in [0.25, 0.3) is 0 Å². The van der Waals surface area contributed by atoms with Crippen molar-refractivity contribution in [3.63, 3.8) is 0 Å². The number of allylic oxidation sites excluding steroid dienone is 26. The Labute approximate surface area is 642 Å². The number of ether oxygens (including phenoxy) is 4. The predicted molar refractivity (Wildman–Crippen MR) is 436 cm³/mol. The van der Waals surface area contributed by atoms with Crippen LogP contribution in [-0.4, -0.2) is 96.7 Å². The molecule has 604 valence electrons. The summed E-state index contributed by atoms with van der Waals surface area (Å²) in [6.45, 7) is 4.48. The first-order valence-electron chi connectivity index (χ1n) is 40.7. The van der Waals surface area contributed by atoms with Gasteiger partial charge in [0.25, 0.3) is 0 Å². The minimum absolute atomic E-state index is 0.0303. The van der Waals surface area contributed by atoms with Gasteiger partial charge in [0.1, 0.15) is 19.3 Å². The van der Waals surface area contributed by atoms with Crippen molar-refractivity contribution in [3.8, 4) is 0 Å². The van der Waals surface area contributed by atoms with Gasteiger partial charge in [-0.05, 0) is 161 Å². The summed E-state index contributed by atoms with van der Waals surface area (Å²) in [5.74, 6) is -2.32. The van der Waals surface area contributed by atoms with E-state index in [-0.39, 0.29) is 25.7 Å². The SMILES string of the molecule is CC/C=C\C/C=C\C/C=C\C/C=C\C/C=C\C/C=C\CCC(=O)OCC(COP(=O)(O)OCC(O)COP(=O)(O)OCC(COC(=O)CCCCCCCC/C=C\C/C=C\C/C=C\C/C=C\CC)OC(=O)CCCCCCC/C=C\C/C=C\CCCCC)OC(=O)CCCCCCC/C=C\CCCCCC. The number of aliphatic hydroxyl groups is 1. The van der Waals surface area contributed by atoms with Gasteiger partial charge < -0.3 is 33.8 Å². The van der Waals surface area contributed by atoms with Crippen molar-refractivity contribution in [1.29, 1.82) is 0 Å². The summed E-state index contributed by atoms with van der Waals surface area (Å²) in [7, 11) is -10.00. The van der Waals surface area contributed by atoms with E-state index in [0.29, 0.717) is 32.1 Å². The molecule has 0 aliphatic rings. The summed E-state index contributed by atoms with van der Waals surface area (Å²) in [4.78, 5) is 73.1. The van der Waals surface area contributed by atoms with Crippen molar-refractivity contribution >= 4 is 39.5 Å². The van der Waals surface area contributed by atoms with Crippen LogP contribution in [0.2, 0.25) is 0 Å². The number of esters is 4. The van der Waals surface area contributed by atoms with Crippen LogP contribution < -0.4 is 0 Å². The number of aliphatic hydroxyl groups excluding tert-OH is 1. The van der Waals surface area contributed by atoms with E-state index in [1.807, 2.05) is 18.2 Å². The molecule has 0 bridgehead atoms. The maximum atomic E-state index is 13.1. The molecule has 0 amide bonds. The van der Waals surface area contributed by atoms with Crippen molar-refractivity contribution in [2.45, 2.75) is 329 Å². The Morgan fingerprint density at radius 3 is 0.840 bits per heavy atom. The lowest BCUT2D eigenvalue weighted by Crippen LogP contribution is -2.30. The van der Waals surface area contributed by atoms with Crippen LogP contribution in [0.15, 0.2) is 158 Å². The number of phosphoric ester groups is 2. The molecule has 0 aromatic heterocycles. The number of phosphoric acid groups is 2. The van der Waals surface area contributed by atoms with Crippen LogP contribution in [0.5, 0.6) is 0 Å². The Kier molecular flexibility index (Phi) is 73.9. The van der Waals surface area contributed by atoms with E-state index in [1.165, 1.54) is 44.9 Å². The summed E-state index contributed by atoms with van der Waals surface area (Å²) in [5.41, 5.74) is 0. The maximum Gasteiger partial charge on any atom is 0.472 e. The van der Waals surface area contributed by atoms with Gasteiger partial charge in [0.15, 0.2) is 12.2 Å². The number of hydrogen-bond acceptors (Lipinski definition) is 15. The van der Waals surface area contributed by atoms with Crippen molar-refractivity contribution in [1.82, 2.24) is 0 Å². The van der Waals surface area contributed by atoms with Gasteiger partial charge in [0.2, 0.25) is 0 Å². The van der Waals surface area contributed by atoms with Crippen LogP contribution in [-0.2, 0) is 65.4 Å². The third-order valence-electron chi connectivity index (χ3n) is 16.5. The molecule has 0 aromatic carbocycles. The van der Waals surface area contributed by atoms with E-state index in [2.05, 4.69) is 167 Å². The number of hydrogen-bond donors (Lipinski definition) is 3. The Morgan fingerprint density at radius 2 is 0.509 bits per heavy atom. The van der Waals surface area contributed by atoms with Gasteiger partial charge in [-0.15, -0.1) is 0 Å². The summed E-state index contributed by atoms with van der Waals surface area (Å²) in [6, 6.07) is 0. The molecule has 19 heteroatoms. The Morgan fingerprint density at radius 1 is 0.274 bits per heavy atom. The van der Waals surface area contributed by atoms with Gasteiger partial charge in [0, 0.05) is 25.7 Å². The number of carbonyl (C=O) groups excluding carboxylic acids is 4. The molecule has 0 rings (SSSR count). The molecular weight excluding hydrogens is 1380 g/mol. The third-order valence-corrected chi connectivity index (χ3v) is 18.4. The fourth-order valence-electron chi connectivity index (χ4n) is 10.3. The highest BCUT2D eigenvalue weighted by molar-refractivity contribution is 7.47. The van der Waals surface area contributed by atoms with Crippen molar-refractivity contribution in [3.05, 3.63) is 158 Å². The fourth-order valence-corrected chi connectivity index (χ4v) is 11.9. The minimum Gasteiger partial charge on any atom is -0.462 e. The van der Waals surface area contributed by atoms with Crippen LogP contribution >= 0.6 is 15.6 Å². The van der Waals surface area contributed by atoms with Gasteiger partial charge >= 0.3 is 39.5 Å². The molecule has 3 N–H and O–H groups in total. The van der Waals surface area contributed by atoms with Gasteiger partial charge in [-0.2, -0.15) is 0 Å². The standard InChI is InChI=1S/C87H144O17P2/c1-5-9-13-17-21-25-29-33-36-38-40-42-45-48-51-55-59-63-67-71-84(89)97-77-82(103-86(91)73-69-65-61-57-53-47-32-28-24-20-16-12-8-4)79-101-105(93,94)99-75-81(88)76-100-106(95,96)102-80-83(104-87(92)74-70-66-62-58-54-50-44-35-31-27-23-19-15-11-7-3)78-98-85(90)72-68-64-60-56-52-49-46-43-41-39-37-34-30-26-22-18-14-10-6-2/h9-10,13-14,21-23,25-28,32-37,40-44,48,51,59,63,81-83,88H,5-8,11-12,15-20,24,29-31,38-39,45-47,49-50,52-58,60-62,64-80H2,1-4H3,(H,93,94)(H,95,96)/b13-9-,14-10-,25-21-,26-22-,27-23-,32-28-,36-33-,37-34-,42-40-,43-41-,44-35-,51-48-,63-59-. The zero-order valence-electron chi connectivity index (χ0n) is 66.1. The molecule has 0 saturated carbocycles. The Bertz CT molecular complexity index is 2630. The van der Waals surface area contributed by atoms with E-state index < -0.39 is 97.5 Å². The van der Waals surface area contributed by atoms with E-state index in [1.54, 1.807) is 0 Å². The van der Waals surface area contributed by atoms with E-state index in [9.17, 15) is 43.2 Å². The van der Waals surface area contributed by atoms with Crippen LogP contribution in [0.3, 0.4) is 0 Å². The molecule has 5 atom stereocenters. The summed E-state index contributed by atoms with van der Waals surface area (Å²) >= 11 is 0. The Balaban J connectivity index is 5.44. The molecule has 17 nitrogen and oxygen atoms in total. The highest BCUT2D eigenvalue weighted by Crippen LogP contribution is 2.45. The first kappa shape index (κ1) is 101. The molecular formula is C87H144O17P2. The maximum absolute atomic E-state index is 13.1. The summed E-state index contributed by atoms with van der Waals surface area (Å²) in [5, 5.41) is 10.6. The van der Waals surface area contributed by atoms with E-state index in [4.69, 9.17) is 37.0 Å². The van der Waals surface area contributed by atoms with Crippen LogP contribution in [0.4, 0.5) is 0 Å². The van der Waals surface area contributed by atoms with E-state index in [0.717, 1.165) is 180 Å². The highest BCUT2D eigenvalue weighted by Gasteiger charge is 2.30. The van der Waals surface area contributed by atoms with Gasteiger partial charge in [-0.1, -0.05) is 282 Å². The van der Waals surface area contributed by atoms with Crippen molar-refractivity contribution in [2.24, 2.45) is 0 Å². The molecule has 0 aliphatic heterocycles. The molecule has 0 aromatic rings. The number of carbonyl (C=O) groups is 4. The molecule has 0 saturated heterocycles. The van der Waals surface area contributed by atoms with Gasteiger partial charge in [-0.3, -0.25) is 37.3 Å². The summed E-state index contributed by atoms with van der Waals surface area (Å²) < 4.78 is 68.6. The fraction of sp³-hybridized carbons (Fsp3) is 0.655. The molecule has 0 spiro atoms. The minimum atomic E-state index is -5.00. The molecule has 0 fully saturated rings. The molecule has 106 heavy (non-hydrogen) atoms. The second-order valence-electron chi connectivity index (χ2n) is 26.6. The lowest BCUT2D eigenvalue weighted by molar-refractivity contribution is -0.161. The normalized spacial score (nSPS) is 14.7. The highest BCUT2D eigenvalue weighted by atomic mass is 31.2. The second-order valence-corrected chi connectivity index (χ2v) is 29.5. The Hall–Kier alpha value is -5.32. The zero-order valence-corrected chi connectivity index (χ0v) is 67.8. The number of rotatable bonds is 75. The average molecular weight is 1520 g/mol. The van der Waals surface area contributed by atoms with Crippen molar-refractivity contribution < 1.29 is 80.2 Å². The third kappa shape index (κ3) is 76.9. The zero-order chi connectivity index (χ0) is 77.4. The first-order chi connectivity index (χ1) is 51.7. The second kappa shape index (κ2) is 77.8. The molecule has 0 radical (unpaired) electrons. The van der Waals surface area contributed by atoms with Gasteiger partial charge in [-0.25, -0.2) is 9.13 Å². The largest absolute Gasteiger partial charge is 0.472 e. The monoisotopic (exact) mass is 1520 g/mol. The molecule has 5 unspecified atom stereocenters. The van der Waals surface area contributed by atoms with Gasteiger partial charge in [0.05, 0.1) is 26.4 Å². The molecule has 0 aliphatic carbocycles. The molecule has 0 heterocycles. The van der Waals surface area contributed by atoms with Crippen molar-refractivity contribution in [2.75, 3.05) is 39.6 Å². The lowest BCUT2D eigenvalue weighted by atomic mass is 10.1. The lowest BCUT2D eigenvalue weighted by Gasteiger charge is -2.21. The average Bonchev–Trinajstić information content (AvgIpc) is 0.901. The number of unbranched alkanes of at least 4 members (excludes halogenated alkanes) is 23. The van der Waals surface area contributed by atoms with Crippen LogP contribution in [0, 0.1) is 0 Å². The van der Waals surface area contributed by atoms with Crippen LogP contribution in [0.1, 0.15) is 310 Å². The topological polar surface area (TPSA) is 237 Å². The first-order valence-corrected chi connectivity index (χ1v) is 43.7. The summed E-state index contributed by atoms with van der Waals surface area (Å²) in [6.07, 6.45) is 90.9. The predicted octanol–water partition coefficient (Wildman–Crippen LogP) is 24.0. The quantitative estimate of drug-likeness (QED) is 0.0169. The van der Waals surface area contributed by atoms with E-state index >= 15 is 0 Å². The smallest absolute Gasteiger partial charge is 0.462 e.